The van der Waals surface area contributed by atoms with Gasteiger partial charge in [0.1, 0.15) is 5.75 Å². The van der Waals surface area contributed by atoms with Crippen LogP contribution in [0.4, 0.5) is 5.69 Å². The van der Waals surface area contributed by atoms with Gasteiger partial charge in [0.2, 0.25) is 0 Å². The topological polar surface area (TPSA) is 84.6 Å². The van der Waals surface area contributed by atoms with Gasteiger partial charge < -0.3 is 20.9 Å². The molecule has 0 spiro atoms. The van der Waals surface area contributed by atoms with Crippen LogP contribution in [-0.4, -0.2) is 18.1 Å². The summed E-state index contributed by atoms with van der Waals surface area (Å²) in [6.07, 6.45) is 0. The molecule has 2 rings (SSSR count). The van der Waals surface area contributed by atoms with E-state index in [1.807, 2.05) is 24.3 Å². The minimum atomic E-state index is -0.319. The third kappa shape index (κ3) is 3.97. The predicted octanol–water partition coefficient (Wildman–Crippen LogP) is 2.05. The molecule has 5 heteroatoms. The van der Waals surface area contributed by atoms with E-state index in [1.165, 1.54) is 18.2 Å². The molecule has 0 aliphatic rings. The van der Waals surface area contributed by atoms with Crippen molar-refractivity contribution in [3.8, 4) is 5.75 Å². The van der Waals surface area contributed by atoms with Gasteiger partial charge in [0.15, 0.2) is 0 Å². The molecule has 0 atom stereocenters. The summed E-state index contributed by atoms with van der Waals surface area (Å²) in [5, 5.41) is 12.2. The molecule has 0 saturated carbocycles. The summed E-state index contributed by atoms with van der Waals surface area (Å²) < 4.78 is 5.08. The first kappa shape index (κ1) is 14.9. The monoisotopic (exact) mass is 286 g/mol. The minimum Gasteiger partial charge on any atom is -0.508 e. The second-order valence-corrected chi connectivity index (χ2v) is 4.71. The van der Waals surface area contributed by atoms with Crippen LogP contribution in [-0.2, 0) is 17.9 Å². The summed E-state index contributed by atoms with van der Waals surface area (Å²) in [6.45, 7) is 0.910. The van der Waals surface area contributed by atoms with Crippen molar-refractivity contribution < 1.29 is 14.6 Å². The Hall–Kier alpha value is -2.53. The quantitative estimate of drug-likeness (QED) is 0.580. The largest absolute Gasteiger partial charge is 0.508 e. The van der Waals surface area contributed by atoms with Crippen molar-refractivity contribution in [3.05, 3.63) is 59.2 Å². The van der Waals surface area contributed by atoms with Crippen molar-refractivity contribution in [1.82, 2.24) is 5.32 Å². The van der Waals surface area contributed by atoms with Crippen LogP contribution in [0.5, 0.6) is 5.75 Å². The summed E-state index contributed by atoms with van der Waals surface area (Å²) in [5.41, 5.74) is 8.34. The number of ether oxygens (including phenoxy) is 1. The molecular weight excluding hydrogens is 268 g/mol. The number of aromatic hydroxyl groups is 1. The van der Waals surface area contributed by atoms with E-state index >= 15 is 0 Å². The van der Waals surface area contributed by atoms with E-state index in [9.17, 15) is 9.90 Å². The summed E-state index contributed by atoms with van der Waals surface area (Å²) in [7, 11) is 1.64. The molecule has 21 heavy (non-hydrogen) atoms. The van der Waals surface area contributed by atoms with E-state index in [2.05, 4.69) is 5.32 Å². The summed E-state index contributed by atoms with van der Waals surface area (Å²) in [6, 6.07) is 12.1. The number of phenolic OH excluding ortho intramolecular Hbond substituents is 1. The van der Waals surface area contributed by atoms with Crippen LogP contribution < -0.4 is 11.1 Å². The van der Waals surface area contributed by atoms with Crippen LogP contribution in [0.2, 0.25) is 0 Å². The number of amides is 1. The Kier molecular flexibility index (Phi) is 4.79. The average molecular weight is 286 g/mol. The maximum absolute atomic E-state index is 12.1. The highest BCUT2D eigenvalue weighted by Crippen LogP contribution is 2.18. The zero-order valence-corrected chi connectivity index (χ0v) is 11.8. The Morgan fingerprint density at radius 1 is 1.24 bits per heavy atom. The van der Waals surface area contributed by atoms with Crippen molar-refractivity contribution in [2.24, 2.45) is 0 Å². The van der Waals surface area contributed by atoms with Gasteiger partial charge in [0.05, 0.1) is 12.2 Å². The maximum Gasteiger partial charge on any atom is 0.253 e. The van der Waals surface area contributed by atoms with E-state index in [-0.39, 0.29) is 17.2 Å². The smallest absolute Gasteiger partial charge is 0.253 e. The van der Waals surface area contributed by atoms with Gasteiger partial charge in [-0.15, -0.1) is 0 Å². The second kappa shape index (κ2) is 6.76. The minimum absolute atomic E-state index is 0.0106. The molecule has 0 aliphatic carbocycles. The zero-order chi connectivity index (χ0) is 15.2. The first-order chi connectivity index (χ1) is 10.1. The average Bonchev–Trinajstić information content (AvgIpc) is 2.48. The number of hydrogen-bond donors (Lipinski definition) is 3. The first-order valence-electron chi connectivity index (χ1n) is 6.53. The molecule has 0 unspecified atom stereocenters. The Morgan fingerprint density at radius 2 is 2.00 bits per heavy atom. The van der Waals surface area contributed by atoms with Crippen LogP contribution in [0.3, 0.4) is 0 Å². The number of carbonyl (C=O) groups excluding carboxylic acids is 1. The second-order valence-electron chi connectivity index (χ2n) is 4.71. The van der Waals surface area contributed by atoms with Gasteiger partial charge in [-0.3, -0.25) is 4.79 Å². The zero-order valence-electron chi connectivity index (χ0n) is 11.8. The lowest BCUT2D eigenvalue weighted by Gasteiger charge is -2.09. The van der Waals surface area contributed by atoms with Crippen LogP contribution in [0, 0.1) is 0 Å². The normalized spacial score (nSPS) is 10.3. The third-order valence-corrected chi connectivity index (χ3v) is 3.04. The first-order valence-corrected chi connectivity index (χ1v) is 6.53. The number of methoxy groups -OCH3 is 1. The number of nitrogen functional groups attached to an aromatic ring is 1. The molecular formula is C16H18N2O3. The number of carbonyl (C=O) groups is 1. The molecule has 5 nitrogen and oxygen atoms in total. The Morgan fingerprint density at radius 3 is 2.76 bits per heavy atom. The molecule has 0 heterocycles. The molecule has 0 aromatic heterocycles. The number of nitrogens with two attached hydrogens (primary N) is 1. The Labute approximate surface area is 123 Å². The lowest BCUT2D eigenvalue weighted by molar-refractivity contribution is 0.0951. The van der Waals surface area contributed by atoms with Gasteiger partial charge in [0.25, 0.3) is 5.91 Å². The van der Waals surface area contributed by atoms with E-state index in [4.69, 9.17) is 10.5 Å². The molecule has 0 bridgehead atoms. The summed E-state index contributed by atoms with van der Waals surface area (Å²) in [4.78, 5) is 12.1. The predicted molar refractivity (Wildman–Crippen MR) is 80.8 cm³/mol. The van der Waals surface area contributed by atoms with Gasteiger partial charge in [-0.1, -0.05) is 24.3 Å². The molecule has 0 fully saturated rings. The fourth-order valence-electron chi connectivity index (χ4n) is 2.01. The van der Waals surface area contributed by atoms with Gasteiger partial charge in [-0.25, -0.2) is 0 Å². The van der Waals surface area contributed by atoms with E-state index in [0.29, 0.717) is 18.8 Å². The highest BCUT2D eigenvalue weighted by atomic mass is 16.5. The number of hydrogen-bond acceptors (Lipinski definition) is 4. The van der Waals surface area contributed by atoms with E-state index in [0.717, 1.165) is 11.1 Å². The molecule has 2 aromatic carbocycles. The number of phenols is 1. The fourth-order valence-corrected chi connectivity index (χ4v) is 2.01. The number of nitrogens with one attached hydrogen (secondary N) is 1. The Balaban J connectivity index is 2.04. The molecule has 2 aromatic rings. The number of anilines is 1. The van der Waals surface area contributed by atoms with Crippen molar-refractivity contribution in [1.29, 1.82) is 0 Å². The van der Waals surface area contributed by atoms with E-state index < -0.39 is 0 Å². The SMILES string of the molecule is COCc1cccc(CNC(=O)c2cc(O)ccc2N)c1. The highest BCUT2D eigenvalue weighted by Gasteiger charge is 2.10. The van der Waals surface area contributed by atoms with Crippen LogP contribution in [0.25, 0.3) is 0 Å². The summed E-state index contributed by atoms with van der Waals surface area (Å²) in [5.74, 6) is -0.308. The molecule has 0 saturated heterocycles. The van der Waals surface area contributed by atoms with Gasteiger partial charge in [0, 0.05) is 19.3 Å². The molecule has 1 amide bonds. The fraction of sp³-hybridized carbons (Fsp3) is 0.188. The van der Waals surface area contributed by atoms with Crippen molar-refractivity contribution in [2.45, 2.75) is 13.2 Å². The van der Waals surface area contributed by atoms with E-state index in [1.54, 1.807) is 7.11 Å². The van der Waals surface area contributed by atoms with Gasteiger partial charge >= 0.3 is 0 Å². The maximum atomic E-state index is 12.1. The third-order valence-electron chi connectivity index (χ3n) is 3.04. The molecule has 0 radical (unpaired) electrons. The van der Waals surface area contributed by atoms with Gasteiger partial charge in [-0.05, 0) is 29.3 Å². The molecule has 4 N–H and O–H groups in total. The van der Waals surface area contributed by atoms with Crippen molar-refractivity contribution >= 4 is 11.6 Å². The van der Waals surface area contributed by atoms with Crippen LogP contribution in [0.1, 0.15) is 21.5 Å². The van der Waals surface area contributed by atoms with Crippen molar-refractivity contribution in [3.63, 3.8) is 0 Å². The Bertz CT molecular complexity index is 641. The van der Waals surface area contributed by atoms with Crippen molar-refractivity contribution in [2.75, 3.05) is 12.8 Å². The molecule has 0 aliphatic heterocycles. The molecule has 110 valence electrons. The standard InChI is InChI=1S/C16H18N2O3/c1-21-10-12-4-2-3-11(7-12)9-18-16(20)14-8-13(19)5-6-15(14)17/h2-8,19H,9-10,17H2,1H3,(H,18,20). The van der Waals surface area contributed by atoms with Crippen LogP contribution >= 0.6 is 0 Å². The number of benzene rings is 2. The van der Waals surface area contributed by atoms with Gasteiger partial charge in [-0.2, -0.15) is 0 Å². The van der Waals surface area contributed by atoms with Crippen LogP contribution in [0.15, 0.2) is 42.5 Å². The number of rotatable bonds is 5. The highest BCUT2D eigenvalue weighted by molar-refractivity contribution is 5.99. The lowest BCUT2D eigenvalue weighted by Crippen LogP contribution is -2.23. The lowest BCUT2D eigenvalue weighted by atomic mass is 10.1. The summed E-state index contributed by atoms with van der Waals surface area (Å²) >= 11 is 0.